The zero-order valence-electron chi connectivity index (χ0n) is 47.7. The number of rotatable bonds is 13. The standard InChI is InChI=1S/C70H81N3O10/c74-28-8-29-80-45-71-67-38-51-19-17-46(15-16-47-18-23-63(78)52(31-47)32-48-10-6-12-57(76)33-48)9-7-13-59-39-58(77)22-20-50-37-65(64(79)36-54(50)42-75)82-43-55-35-56(34-53-40-73(41-60(53)55)68(72-67)61(51)44-81-59)70-27-30-83-69(25-4-1-5-26-69)66(70)24-21-49-11-2-3-14-62(49)70/h2-3,6,10-12,14,18,23,31,33-38,40-41,46,58-59,66-67,71-72,74-79H,1,4-5,7-9,13,15-16,20-22,24-30,32,39,42-45H2. The highest BCUT2D eigenvalue weighted by Gasteiger charge is 2.58. The molecule has 83 heavy (non-hydrogen) atoms. The third-order valence-electron chi connectivity index (χ3n) is 19.0. The summed E-state index contributed by atoms with van der Waals surface area (Å²) in [5.41, 5.74) is 10.4. The Morgan fingerprint density at radius 3 is 2.53 bits per heavy atom. The molecule has 1 aromatic heterocycles. The van der Waals surface area contributed by atoms with Crippen LogP contribution in [-0.2, 0) is 58.5 Å². The third kappa shape index (κ3) is 12.2. The van der Waals surface area contributed by atoms with Crippen molar-refractivity contribution in [2.24, 2.45) is 11.8 Å². The molecule has 1 spiro atoms. The van der Waals surface area contributed by atoms with E-state index in [2.05, 4.69) is 88.0 Å². The van der Waals surface area contributed by atoms with E-state index >= 15 is 0 Å². The molecule has 2 aliphatic carbocycles. The Hall–Kier alpha value is -6.60. The van der Waals surface area contributed by atoms with Gasteiger partial charge in [-0.3, -0.25) is 5.32 Å². The highest BCUT2D eigenvalue weighted by Crippen LogP contribution is 2.59. The zero-order valence-corrected chi connectivity index (χ0v) is 47.7. The highest BCUT2D eigenvalue weighted by molar-refractivity contribution is 5.89. The molecule has 0 amide bonds. The van der Waals surface area contributed by atoms with Crippen molar-refractivity contribution in [1.29, 1.82) is 0 Å². The van der Waals surface area contributed by atoms with Crippen LogP contribution in [0.3, 0.4) is 0 Å². The van der Waals surface area contributed by atoms with Gasteiger partial charge in [0.05, 0.1) is 44.4 Å². The number of fused-ring (bicyclic) bond motifs is 10. The number of hydrogen-bond acceptors (Lipinski definition) is 12. The highest BCUT2D eigenvalue weighted by atomic mass is 16.5. The quantitative estimate of drug-likeness (QED) is 0.0311. The fourth-order valence-corrected chi connectivity index (χ4v) is 14.8. The Morgan fingerprint density at radius 2 is 1.66 bits per heavy atom. The SMILES string of the molecule is OCCCOCNC1C=C2C#CC(CCc3ccc(O)c(Cc4cccc(O)c4)c3)CCCC3CC(O)CCc4cc(c(O)cc4CO)OCc4cc(C56CCOC7(CCCCC7)C5CCc5ccccc56)cc5cn(cc45)C(=C2CO3)N1. The van der Waals surface area contributed by atoms with Gasteiger partial charge in [0.1, 0.15) is 30.1 Å². The number of phenolic OH excluding ortho intramolecular Hbond substituents is 3. The fourth-order valence-electron chi connectivity index (χ4n) is 14.8. The van der Waals surface area contributed by atoms with Gasteiger partial charge in [0.15, 0.2) is 11.5 Å². The number of aliphatic hydroxyl groups excluding tert-OH is 3. The van der Waals surface area contributed by atoms with Crippen molar-refractivity contribution in [3.63, 3.8) is 0 Å². The van der Waals surface area contributed by atoms with Crippen LogP contribution in [0.4, 0.5) is 0 Å². The van der Waals surface area contributed by atoms with Crippen LogP contribution in [0.5, 0.6) is 23.0 Å². The predicted octanol–water partition coefficient (Wildman–Crippen LogP) is 10.9. The van der Waals surface area contributed by atoms with Gasteiger partial charge in [-0.1, -0.05) is 85.7 Å². The van der Waals surface area contributed by atoms with Gasteiger partial charge in [-0.05, 0) is 182 Å². The lowest BCUT2D eigenvalue weighted by Gasteiger charge is -2.59. The van der Waals surface area contributed by atoms with Crippen molar-refractivity contribution in [3.8, 4) is 34.8 Å². The summed E-state index contributed by atoms with van der Waals surface area (Å²) in [4.78, 5) is 0. The van der Waals surface area contributed by atoms with Crippen LogP contribution in [0.15, 0.2) is 121 Å². The molecule has 436 valence electrons. The number of aryl methyl sites for hydroxylation is 3. The first kappa shape index (κ1) is 56.9. The largest absolute Gasteiger partial charge is 0.508 e. The summed E-state index contributed by atoms with van der Waals surface area (Å²) in [6, 6.07) is 30.3. The second kappa shape index (κ2) is 25.3. The van der Waals surface area contributed by atoms with Crippen molar-refractivity contribution in [3.05, 3.63) is 171 Å². The van der Waals surface area contributed by atoms with Gasteiger partial charge in [0.2, 0.25) is 0 Å². The van der Waals surface area contributed by atoms with E-state index in [4.69, 9.17) is 18.9 Å². The summed E-state index contributed by atoms with van der Waals surface area (Å²) in [5.74, 6) is 9.28. The molecule has 13 heteroatoms. The van der Waals surface area contributed by atoms with Gasteiger partial charge in [0.25, 0.3) is 0 Å². The summed E-state index contributed by atoms with van der Waals surface area (Å²) in [5, 5.41) is 74.2. The van der Waals surface area contributed by atoms with E-state index < -0.39 is 12.3 Å². The number of aliphatic hydroxyl groups is 3. The van der Waals surface area contributed by atoms with Crippen molar-refractivity contribution < 1.29 is 49.6 Å². The molecule has 6 bridgehead atoms. The fraction of sp³-hybridized carbons (Fsp3) is 0.457. The number of benzene rings is 5. The van der Waals surface area contributed by atoms with Gasteiger partial charge in [0, 0.05) is 71.2 Å². The van der Waals surface area contributed by atoms with E-state index in [-0.39, 0.29) is 79.4 Å². The number of ether oxygens (including phenoxy) is 4. The van der Waals surface area contributed by atoms with Gasteiger partial charge >= 0.3 is 0 Å². The Balaban J connectivity index is 0.983. The van der Waals surface area contributed by atoms with Gasteiger partial charge in [-0.25, -0.2) is 0 Å². The second-order valence-electron chi connectivity index (χ2n) is 24.3. The Labute approximate surface area is 488 Å². The maximum absolute atomic E-state index is 11.9. The lowest BCUT2D eigenvalue weighted by atomic mass is 9.51. The van der Waals surface area contributed by atoms with E-state index in [0.717, 1.165) is 113 Å². The number of aromatic hydroxyl groups is 3. The van der Waals surface area contributed by atoms with Crippen LogP contribution < -0.4 is 15.4 Å². The van der Waals surface area contributed by atoms with Crippen LogP contribution in [0, 0.1) is 23.7 Å². The Bertz CT molecular complexity index is 3410. The van der Waals surface area contributed by atoms with Crippen molar-refractivity contribution in [1.82, 2.24) is 15.2 Å². The van der Waals surface area contributed by atoms with Crippen LogP contribution in [0.25, 0.3) is 16.6 Å². The molecule has 13 nitrogen and oxygen atoms in total. The monoisotopic (exact) mass is 1120 g/mol. The summed E-state index contributed by atoms with van der Waals surface area (Å²) in [7, 11) is 0. The van der Waals surface area contributed by atoms with Crippen molar-refractivity contribution in [2.75, 3.05) is 33.2 Å². The molecule has 1 saturated heterocycles. The smallest absolute Gasteiger partial charge is 0.161 e. The van der Waals surface area contributed by atoms with Crippen LogP contribution in [-0.4, -0.2) is 92.3 Å². The number of hydrogen-bond donors (Lipinski definition) is 8. The van der Waals surface area contributed by atoms with Gasteiger partial charge < -0.3 is 59.5 Å². The first-order valence-electron chi connectivity index (χ1n) is 30.6. The Kier molecular flexibility index (Phi) is 17.3. The average Bonchev–Trinajstić information content (AvgIpc) is 1.68. The minimum Gasteiger partial charge on any atom is -0.508 e. The van der Waals surface area contributed by atoms with Crippen LogP contribution in [0.2, 0.25) is 0 Å². The number of nitrogens with one attached hydrogen (secondary N) is 2. The van der Waals surface area contributed by atoms with Crippen LogP contribution in [0.1, 0.15) is 140 Å². The zero-order chi connectivity index (χ0) is 56.9. The van der Waals surface area contributed by atoms with Gasteiger partial charge in [-0.2, -0.15) is 0 Å². The molecule has 5 aromatic carbocycles. The topological polar surface area (TPSA) is 187 Å². The number of dihydropyridines is 1. The van der Waals surface area contributed by atoms with E-state index in [9.17, 15) is 30.6 Å². The minimum absolute atomic E-state index is 0.0131. The number of aromatic nitrogens is 1. The molecule has 6 atom stereocenters. The first-order chi connectivity index (χ1) is 40.6. The molecule has 6 aliphatic rings. The molecule has 12 rings (SSSR count). The average molecular weight is 1120 g/mol. The van der Waals surface area contributed by atoms with E-state index in [0.29, 0.717) is 63.1 Å². The first-order valence-corrected chi connectivity index (χ1v) is 30.6. The van der Waals surface area contributed by atoms with E-state index in [1.807, 2.05) is 24.3 Å². The summed E-state index contributed by atoms with van der Waals surface area (Å²) in [6.07, 6.45) is 19.9. The molecule has 6 unspecified atom stereocenters. The summed E-state index contributed by atoms with van der Waals surface area (Å²) >= 11 is 0. The minimum atomic E-state index is -0.717. The molecular formula is C70H81N3O10. The summed E-state index contributed by atoms with van der Waals surface area (Å²) < 4.78 is 29.1. The maximum atomic E-state index is 11.9. The van der Waals surface area contributed by atoms with Gasteiger partial charge in [-0.15, -0.1) is 0 Å². The number of phenols is 3. The molecule has 2 fully saturated rings. The van der Waals surface area contributed by atoms with E-state index in [1.165, 1.54) is 36.0 Å². The lowest BCUT2D eigenvalue weighted by Crippen LogP contribution is -2.59. The van der Waals surface area contributed by atoms with E-state index in [1.54, 1.807) is 24.3 Å². The molecular weight excluding hydrogens is 1040 g/mol. The Morgan fingerprint density at radius 1 is 0.783 bits per heavy atom. The lowest BCUT2D eigenvalue weighted by molar-refractivity contribution is -0.166. The van der Waals surface area contributed by atoms with Crippen molar-refractivity contribution in [2.45, 2.75) is 158 Å². The molecule has 5 heterocycles. The van der Waals surface area contributed by atoms with Crippen molar-refractivity contribution >= 4 is 16.6 Å². The number of nitrogens with zero attached hydrogens (tertiary/aromatic N) is 1. The maximum Gasteiger partial charge on any atom is 0.161 e. The molecule has 0 radical (unpaired) electrons. The molecule has 8 N–H and O–H groups in total. The molecule has 6 aromatic rings. The molecule has 4 aliphatic heterocycles. The van der Waals surface area contributed by atoms with Crippen LogP contribution >= 0.6 is 0 Å². The molecule has 1 saturated carbocycles. The second-order valence-corrected chi connectivity index (χ2v) is 24.3. The third-order valence-corrected chi connectivity index (χ3v) is 19.0. The normalized spacial score (nSPS) is 24.3. The summed E-state index contributed by atoms with van der Waals surface area (Å²) in [6.45, 7) is 1.49. The predicted molar refractivity (Wildman–Crippen MR) is 321 cm³/mol.